The summed E-state index contributed by atoms with van der Waals surface area (Å²) >= 11 is 0. The molecule has 0 radical (unpaired) electrons. The van der Waals surface area contributed by atoms with E-state index >= 15 is 0 Å². The molecule has 7 aromatic carbocycles. The van der Waals surface area contributed by atoms with Crippen LogP contribution in [0.4, 0.5) is 0 Å². The molecule has 0 saturated carbocycles. The Morgan fingerprint density at radius 3 is 2.00 bits per heavy atom. The summed E-state index contributed by atoms with van der Waals surface area (Å²) < 4.78 is 6.42. The maximum atomic E-state index is 8.84. The van der Waals surface area contributed by atoms with Crippen LogP contribution in [-0.4, -0.2) is 16.4 Å². The van der Waals surface area contributed by atoms with E-state index in [1.807, 2.05) is 66.7 Å². The second-order valence-electron chi connectivity index (χ2n) is 11.5. The summed E-state index contributed by atoms with van der Waals surface area (Å²) in [4.78, 5) is 4.87. The molecule has 222 valence electrons. The van der Waals surface area contributed by atoms with Gasteiger partial charge in [-0.1, -0.05) is 127 Å². The van der Waals surface area contributed by atoms with Gasteiger partial charge in [0, 0.05) is 5.56 Å². The van der Waals surface area contributed by atoms with Crippen molar-refractivity contribution < 1.29 is 4.42 Å². The summed E-state index contributed by atoms with van der Waals surface area (Å²) in [5.74, 6) is 0.604. The van der Waals surface area contributed by atoms with E-state index in [9.17, 15) is 0 Å². The van der Waals surface area contributed by atoms with Gasteiger partial charge in [0.25, 0.3) is 0 Å². The summed E-state index contributed by atoms with van der Waals surface area (Å²) in [6, 6.07) is 51.1. The topological polar surface area (TPSA) is 73.7 Å². The van der Waals surface area contributed by atoms with Crippen molar-refractivity contribution in [3.63, 3.8) is 0 Å². The first-order valence-electron chi connectivity index (χ1n) is 15.5. The molecule has 4 nitrogen and oxygen atoms in total. The molecule has 0 aliphatic heterocycles. The van der Waals surface area contributed by atoms with Crippen LogP contribution in [0, 0.1) is 10.8 Å². The molecule has 4 heteroatoms. The second kappa shape index (κ2) is 11.8. The van der Waals surface area contributed by atoms with Gasteiger partial charge in [-0.15, -0.1) is 0 Å². The average molecular weight is 604 g/mol. The predicted molar refractivity (Wildman–Crippen MR) is 195 cm³/mol. The first-order chi connectivity index (χ1) is 23.1. The Morgan fingerprint density at radius 1 is 0.511 bits per heavy atom. The predicted octanol–water partition coefficient (Wildman–Crippen LogP) is 11.1. The van der Waals surface area contributed by atoms with Crippen LogP contribution in [0.15, 0.2) is 168 Å². The van der Waals surface area contributed by atoms with Gasteiger partial charge in [0.15, 0.2) is 5.58 Å². The van der Waals surface area contributed by atoms with Crippen molar-refractivity contribution in [3.05, 3.63) is 175 Å². The Bertz CT molecular complexity index is 2500. The van der Waals surface area contributed by atoms with Crippen LogP contribution in [0.2, 0.25) is 0 Å². The van der Waals surface area contributed by atoms with Crippen molar-refractivity contribution in [2.45, 2.75) is 0 Å². The molecule has 0 fully saturated rings. The number of hydrogen-bond acceptors (Lipinski definition) is 4. The van der Waals surface area contributed by atoms with Crippen LogP contribution in [0.3, 0.4) is 0 Å². The fraction of sp³-hybridized carbons (Fsp3) is 0. The highest BCUT2D eigenvalue weighted by Gasteiger charge is 2.16. The smallest absolute Gasteiger partial charge is 0.227 e. The summed E-state index contributed by atoms with van der Waals surface area (Å²) in [5.41, 5.74) is 9.02. The molecule has 1 heterocycles. The Morgan fingerprint density at radius 2 is 1.17 bits per heavy atom. The number of nitrogens with zero attached hydrogens (tertiary/aromatic N) is 1. The van der Waals surface area contributed by atoms with E-state index in [0.717, 1.165) is 71.6 Å². The van der Waals surface area contributed by atoms with Crippen molar-refractivity contribution in [2.24, 2.45) is 0 Å². The lowest BCUT2D eigenvalue weighted by atomic mass is 9.88. The lowest BCUT2D eigenvalue weighted by Crippen LogP contribution is -1.99. The minimum absolute atomic E-state index is 0.346. The van der Waals surface area contributed by atoms with Crippen molar-refractivity contribution in [2.75, 3.05) is 0 Å². The number of benzene rings is 7. The highest BCUT2D eigenvalue weighted by Crippen LogP contribution is 2.40. The molecule has 0 atom stereocenters. The van der Waals surface area contributed by atoms with Crippen molar-refractivity contribution in [1.29, 1.82) is 10.8 Å². The Hall–Kier alpha value is -6.39. The lowest BCUT2D eigenvalue weighted by molar-refractivity contribution is 0.621. The maximum Gasteiger partial charge on any atom is 0.227 e. The third-order valence-corrected chi connectivity index (χ3v) is 8.61. The molecule has 8 aromatic rings. The third-order valence-electron chi connectivity index (χ3n) is 8.61. The monoisotopic (exact) mass is 603 g/mol. The Kier molecular flexibility index (Phi) is 7.08. The molecule has 0 aliphatic carbocycles. The Balaban J connectivity index is 1.20. The molecule has 0 aliphatic rings. The first-order valence-corrected chi connectivity index (χ1v) is 15.5. The largest absolute Gasteiger partial charge is 0.436 e. The quantitative estimate of drug-likeness (QED) is 0.178. The van der Waals surface area contributed by atoms with E-state index in [4.69, 9.17) is 20.2 Å². The zero-order valence-electron chi connectivity index (χ0n) is 25.4. The fourth-order valence-corrected chi connectivity index (χ4v) is 6.26. The normalized spacial score (nSPS) is 11.5. The van der Waals surface area contributed by atoms with Crippen LogP contribution >= 0.6 is 0 Å². The SMILES string of the molecule is N=C(/C=C\C(=N)c1cccc(-c2c(-c3ccc4nc(-c5cccc6ccccc56)oc4c3)ccc3ccccc23)c1)c1ccccc1. The van der Waals surface area contributed by atoms with E-state index in [0.29, 0.717) is 17.3 Å². The van der Waals surface area contributed by atoms with Crippen LogP contribution in [-0.2, 0) is 0 Å². The van der Waals surface area contributed by atoms with Crippen LogP contribution in [0.5, 0.6) is 0 Å². The molecule has 2 N–H and O–H groups in total. The molecule has 0 amide bonds. The number of allylic oxidation sites excluding steroid dienone is 2. The summed E-state index contributed by atoms with van der Waals surface area (Å²) in [6.07, 6.45) is 3.39. The van der Waals surface area contributed by atoms with Gasteiger partial charge in [0.1, 0.15) is 5.52 Å². The maximum absolute atomic E-state index is 8.84. The van der Waals surface area contributed by atoms with Gasteiger partial charge >= 0.3 is 0 Å². The standard InChI is InChI=1S/C43H29N3O/c44-38(30-12-2-1-3-13-30)23-24-39(45)32-15-8-16-33(26-32)42-35-18-7-5-11-29(35)20-22-36(42)31-21-25-40-41(27-31)47-43(46-40)37-19-9-14-28-10-4-6-17-34(28)37/h1-27,44-45H/b24-23-,44-38?,45-39?. The molecule has 0 bridgehead atoms. The van der Waals surface area contributed by atoms with Crippen LogP contribution < -0.4 is 0 Å². The van der Waals surface area contributed by atoms with E-state index in [1.54, 1.807) is 12.2 Å². The zero-order chi connectivity index (χ0) is 31.7. The van der Waals surface area contributed by atoms with Gasteiger partial charge < -0.3 is 15.2 Å². The van der Waals surface area contributed by atoms with Crippen LogP contribution in [0.25, 0.3) is 66.4 Å². The van der Waals surface area contributed by atoms with Gasteiger partial charge in [-0.05, 0) is 91.3 Å². The van der Waals surface area contributed by atoms with Gasteiger partial charge in [0.2, 0.25) is 5.89 Å². The molecule has 0 spiro atoms. The highest BCUT2D eigenvalue weighted by molar-refractivity contribution is 6.14. The van der Waals surface area contributed by atoms with Gasteiger partial charge in [0.05, 0.1) is 11.4 Å². The van der Waals surface area contributed by atoms with Gasteiger partial charge in [-0.3, -0.25) is 0 Å². The third kappa shape index (κ3) is 5.32. The van der Waals surface area contributed by atoms with Gasteiger partial charge in [-0.25, -0.2) is 4.98 Å². The number of hydrogen-bond donors (Lipinski definition) is 2. The molecular weight excluding hydrogens is 574 g/mol. The summed E-state index contributed by atoms with van der Waals surface area (Å²) in [7, 11) is 0. The molecular formula is C43H29N3O. The number of nitrogens with one attached hydrogen (secondary N) is 2. The van der Waals surface area contributed by atoms with E-state index in [-0.39, 0.29) is 0 Å². The molecule has 0 saturated heterocycles. The number of oxazole rings is 1. The average Bonchev–Trinajstić information content (AvgIpc) is 3.57. The fourth-order valence-electron chi connectivity index (χ4n) is 6.26. The van der Waals surface area contributed by atoms with Crippen LogP contribution in [0.1, 0.15) is 11.1 Å². The summed E-state index contributed by atoms with van der Waals surface area (Å²) in [5, 5.41) is 21.8. The van der Waals surface area contributed by atoms with Crippen molar-refractivity contribution >= 4 is 44.1 Å². The number of rotatable bonds is 7. The molecule has 0 unspecified atom stereocenters. The first kappa shape index (κ1) is 28.1. The second-order valence-corrected chi connectivity index (χ2v) is 11.5. The lowest BCUT2D eigenvalue weighted by Gasteiger charge is -2.15. The number of fused-ring (bicyclic) bond motifs is 3. The van der Waals surface area contributed by atoms with E-state index < -0.39 is 0 Å². The molecule has 1 aromatic heterocycles. The number of aromatic nitrogens is 1. The Labute approximate surface area is 272 Å². The molecule has 47 heavy (non-hydrogen) atoms. The minimum Gasteiger partial charge on any atom is -0.436 e. The van der Waals surface area contributed by atoms with Gasteiger partial charge in [-0.2, -0.15) is 0 Å². The highest BCUT2D eigenvalue weighted by atomic mass is 16.3. The van der Waals surface area contributed by atoms with Crippen molar-refractivity contribution in [1.82, 2.24) is 4.98 Å². The minimum atomic E-state index is 0.346. The summed E-state index contributed by atoms with van der Waals surface area (Å²) in [6.45, 7) is 0. The van der Waals surface area contributed by atoms with E-state index in [1.165, 1.54) is 0 Å². The zero-order valence-corrected chi connectivity index (χ0v) is 25.4. The van der Waals surface area contributed by atoms with Crippen molar-refractivity contribution in [3.8, 4) is 33.7 Å². The van der Waals surface area contributed by atoms with E-state index in [2.05, 4.69) is 84.9 Å². The molecule has 8 rings (SSSR count).